The Kier molecular flexibility index (Phi) is 3.59. The van der Waals surface area contributed by atoms with Gasteiger partial charge in [0.15, 0.2) is 9.84 Å². The molecule has 1 aromatic rings. The molecule has 1 atom stereocenters. The number of sulfone groups is 1. The van der Waals surface area contributed by atoms with Crippen LogP contribution in [0.15, 0.2) is 18.2 Å². The fourth-order valence-corrected chi connectivity index (χ4v) is 4.75. The van der Waals surface area contributed by atoms with Crippen molar-refractivity contribution in [2.45, 2.75) is 12.8 Å². The molecule has 1 unspecified atom stereocenters. The van der Waals surface area contributed by atoms with E-state index in [1.54, 1.807) is 18.2 Å². The minimum atomic E-state index is -3.12. The summed E-state index contributed by atoms with van der Waals surface area (Å²) in [6.07, 6.45) is 0.620. The zero-order valence-corrected chi connectivity index (χ0v) is 11.8. The van der Waals surface area contributed by atoms with Gasteiger partial charge < -0.3 is 0 Å². The van der Waals surface area contributed by atoms with Crippen LogP contribution in [0.1, 0.15) is 12.0 Å². The zero-order chi connectivity index (χ0) is 13.4. The second-order valence-corrected chi connectivity index (χ2v) is 7.61. The van der Waals surface area contributed by atoms with Crippen LogP contribution in [-0.2, 0) is 16.3 Å². The van der Waals surface area contributed by atoms with Gasteiger partial charge in [-0.15, -0.1) is 0 Å². The number of benzene rings is 1. The first kappa shape index (κ1) is 13.7. The average Bonchev–Trinajstić information content (AvgIpc) is 2.61. The fraction of sp³-hybridized carbons (Fsp3) is 0.417. The Morgan fingerprint density at radius 1 is 1.33 bits per heavy atom. The van der Waals surface area contributed by atoms with Crippen LogP contribution >= 0.6 is 23.2 Å². The summed E-state index contributed by atoms with van der Waals surface area (Å²) >= 11 is 12.1. The number of hydrogen-bond donors (Lipinski definition) is 0. The van der Waals surface area contributed by atoms with Crippen LogP contribution in [0.4, 0.5) is 0 Å². The maximum absolute atomic E-state index is 11.5. The van der Waals surface area contributed by atoms with Crippen molar-refractivity contribution >= 4 is 33.0 Å². The van der Waals surface area contributed by atoms with Gasteiger partial charge in [-0.3, -0.25) is 0 Å². The van der Waals surface area contributed by atoms with Crippen molar-refractivity contribution in [1.29, 1.82) is 5.26 Å². The van der Waals surface area contributed by atoms with E-state index in [1.165, 1.54) is 0 Å². The molecule has 0 radical (unpaired) electrons. The Balaban J connectivity index is 2.36. The smallest absolute Gasteiger partial charge is 0.151 e. The third kappa shape index (κ3) is 2.64. The van der Waals surface area contributed by atoms with Gasteiger partial charge in [0.05, 0.1) is 23.0 Å². The van der Waals surface area contributed by atoms with E-state index in [-0.39, 0.29) is 17.9 Å². The molecule has 18 heavy (non-hydrogen) atoms. The van der Waals surface area contributed by atoms with E-state index in [4.69, 9.17) is 23.2 Å². The molecule has 0 N–H and O–H groups in total. The number of halogens is 2. The number of rotatable bonds is 2. The average molecular weight is 304 g/mol. The molecule has 96 valence electrons. The Bertz CT molecular complexity index is 601. The highest BCUT2D eigenvalue weighted by Crippen LogP contribution is 2.38. The summed E-state index contributed by atoms with van der Waals surface area (Å²) in [4.78, 5) is 0. The molecule has 1 aromatic carbocycles. The van der Waals surface area contributed by atoms with E-state index >= 15 is 0 Å². The summed E-state index contributed by atoms with van der Waals surface area (Å²) < 4.78 is 23.1. The third-order valence-corrected chi connectivity index (χ3v) is 5.73. The van der Waals surface area contributed by atoms with Crippen LogP contribution < -0.4 is 0 Å². The summed E-state index contributed by atoms with van der Waals surface area (Å²) in [5.74, 6) is -0.0549. The van der Waals surface area contributed by atoms with Gasteiger partial charge in [0.1, 0.15) is 0 Å². The van der Waals surface area contributed by atoms with Gasteiger partial charge in [0.25, 0.3) is 0 Å². The van der Waals surface area contributed by atoms with Crippen molar-refractivity contribution in [2.75, 3.05) is 11.5 Å². The fourth-order valence-electron chi connectivity index (χ4n) is 2.22. The summed E-state index contributed by atoms with van der Waals surface area (Å²) in [6, 6.07) is 7.24. The SMILES string of the molecule is N#CC1(Cc2c(Cl)cccc2Cl)CCS(=O)(=O)C1. The van der Waals surface area contributed by atoms with Crippen LogP contribution in [0.2, 0.25) is 10.0 Å². The van der Waals surface area contributed by atoms with E-state index in [1.807, 2.05) is 0 Å². The zero-order valence-electron chi connectivity index (χ0n) is 9.49. The Hall–Kier alpha value is -0.760. The van der Waals surface area contributed by atoms with Crippen LogP contribution in [0.3, 0.4) is 0 Å². The number of nitrogens with zero attached hydrogens (tertiary/aromatic N) is 1. The second-order valence-electron chi connectivity index (χ2n) is 4.61. The van der Waals surface area contributed by atoms with E-state index in [2.05, 4.69) is 6.07 Å². The van der Waals surface area contributed by atoms with Gasteiger partial charge in [-0.25, -0.2) is 8.42 Å². The monoisotopic (exact) mass is 303 g/mol. The largest absolute Gasteiger partial charge is 0.229 e. The molecular formula is C12H11Cl2NO2S. The van der Waals surface area contributed by atoms with Crippen molar-refractivity contribution in [2.24, 2.45) is 5.41 Å². The third-order valence-electron chi connectivity index (χ3n) is 3.20. The van der Waals surface area contributed by atoms with Gasteiger partial charge in [0.2, 0.25) is 0 Å². The molecule has 0 spiro atoms. The maximum atomic E-state index is 11.5. The van der Waals surface area contributed by atoms with Crippen LogP contribution in [0.25, 0.3) is 0 Å². The highest BCUT2D eigenvalue weighted by molar-refractivity contribution is 7.91. The van der Waals surface area contributed by atoms with Crippen LogP contribution in [0.5, 0.6) is 0 Å². The van der Waals surface area contributed by atoms with Crippen molar-refractivity contribution in [3.63, 3.8) is 0 Å². The predicted octanol–water partition coefficient (Wildman–Crippen LogP) is 2.86. The van der Waals surface area contributed by atoms with Gasteiger partial charge >= 0.3 is 0 Å². The summed E-state index contributed by atoms with van der Waals surface area (Å²) in [6.45, 7) is 0. The summed E-state index contributed by atoms with van der Waals surface area (Å²) in [5.41, 5.74) is -0.243. The molecule has 6 heteroatoms. The minimum absolute atomic E-state index is 0.0582. The van der Waals surface area contributed by atoms with E-state index in [0.29, 0.717) is 22.0 Å². The van der Waals surface area contributed by atoms with Gasteiger partial charge in [0, 0.05) is 10.0 Å². The molecule has 0 aromatic heterocycles. The van der Waals surface area contributed by atoms with Crippen LogP contribution in [-0.4, -0.2) is 19.9 Å². The molecule has 0 saturated carbocycles. The molecule has 0 bridgehead atoms. The van der Waals surface area contributed by atoms with E-state index in [9.17, 15) is 13.7 Å². The molecule has 1 saturated heterocycles. The van der Waals surface area contributed by atoms with Gasteiger partial charge in [-0.2, -0.15) is 5.26 Å². The summed E-state index contributed by atoms with van der Waals surface area (Å²) in [7, 11) is -3.12. The van der Waals surface area contributed by atoms with E-state index in [0.717, 1.165) is 0 Å². The molecule has 1 fully saturated rings. The molecule has 1 heterocycles. The second kappa shape index (κ2) is 4.73. The molecule has 1 aliphatic rings. The van der Waals surface area contributed by atoms with Crippen molar-refractivity contribution in [1.82, 2.24) is 0 Å². The highest BCUT2D eigenvalue weighted by atomic mass is 35.5. The predicted molar refractivity (Wildman–Crippen MR) is 71.5 cm³/mol. The van der Waals surface area contributed by atoms with Crippen molar-refractivity contribution in [3.8, 4) is 6.07 Å². The summed E-state index contributed by atoms with van der Waals surface area (Å²) in [5, 5.41) is 10.2. The lowest BCUT2D eigenvalue weighted by Crippen LogP contribution is -2.23. The molecule has 3 nitrogen and oxygen atoms in total. The molecule has 0 amide bonds. The standard InChI is InChI=1S/C12H11Cl2NO2S/c13-10-2-1-3-11(14)9(10)6-12(7-15)4-5-18(16,17)8-12/h1-3H,4-6,8H2. The Morgan fingerprint density at radius 3 is 2.39 bits per heavy atom. The first-order valence-corrected chi connectivity index (χ1v) is 8.00. The normalized spacial score (nSPS) is 25.8. The topological polar surface area (TPSA) is 57.9 Å². The Morgan fingerprint density at radius 2 is 1.94 bits per heavy atom. The van der Waals surface area contributed by atoms with Gasteiger partial charge in [-0.05, 0) is 30.5 Å². The van der Waals surface area contributed by atoms with Crippen molar-refractivity contribution < 1.29 is 8.42 Å². The molecular weight excluding hydrogens is 293 g/mol. The highest BCUT2D eigenvalue weighted by Gasteiger charge is 2.43. The van der Waals surface area contributed by atoms with Gasteiger partial charge in [-0.1, -0.05) is 29.3 Å². The molecule has 2 rings (SSSR count). The van der Waals surface area contributed by atoms with Crippen LogP contribution in [0, 0.1) is 16.7 Å². The molecule has 0 aliphatic carbocycles. The first-order valence-electron chi connectivity index (χ1n) is 5.42. The lowest BCUT2D eigenvalue weighted by molar-refractivity contribution is 0.451. The lowest BCUT2D eigenvalue weighted by Gasteiger charge is -2.20. The van der Waals surface area contributed by atoms with E-state index < -0.39 is 15.3 Å². The lowest BCUT2D eigenvalue weighted by atomic mass is 9.83. The van der Waals surface area contributed by atoms with Crippen molar-refractivity contribution in [3.05, 3.63) is 33.8 Å². The number of hydrogen-bond acceptors (Lipinski definition) is 3. The maximum Gasteiger partial charge on any atom is 0.151 e. The number of nitriles is 1. The first-order chi connectivity index (χ1) is 8.37. The quantitative estimate of drug-likeness (QED) is 0.844. The minimum Gasteiger partial charge on any atom is -0.229 e. The Labute approximate surface area is 116 Å². The molecule has 1 aliphatic heterocycles.